The van der Waals surface area contributed by atoms with E-state index in [1.165, 1.54) is 4.90 Å². The van der Waals surface area contributed by atoms with Crippen LogP contribution in [0.25, 0.3) is 11.1 Å². The molecule has 1 unspecified atom stereocenters. The van der Waals surface area contributed by atoms with Crippen molar-refractivity contribution in [3.8, 4) is 11.1 Å². The van der Waals surface area contributed by atoms with Gasteiger partial charge in [-0.15, -0.1) is 0 Å². The predicted octanol–water partition coefficient (Wildman–Crippen LogP) is 5.02. The molecule has 0 radical (unpaired) electrons. The number of benzene rings is 1. The van der Waals surface area contributed by atoms with Gasteiger partial charge in [0, 0.05) is 29.2 Å². The molecule has 0 aliphatic carbocycles. The van der Waals surface area contributed by atoms with Crippen LogP contribution < -0.4 is 5.32 Å². The Morgan fingerprint density at radius 3 is 2.71 bits per heavy atom. The molecule has 0 bridgehead atoms. The molecule has 0 spiro atoms. The first-order valence-electron chi connectivity index (χ1n) is 9.05. The summed E-state index contributed by atoms with van der Waals surface area (Å²) >= 11 is 9.78. The van der Waals surface area contributed by atoms with Crippen molar-refractivity contribution >= 4 is 39.5 Å². The normalized spacial score (nSPS) is 16.5. The summed E-state index contributed by atoms with van der Waals surface area (Å²) in [6.45, 7) is 6.44. The Labute approximate surface area is 177 Å². The predicted molar refractivity (Wildman–Crippen MR) is 113 cm³/mol. The summed E-state index contributed by atoms with van der Waals surface area (Å²) < 4.78 is 2.75. The van der Waals surface area contributed by atoms with Gasteiger partial charge in [0.2, 0.25) is 0 Å². The average molecular weight is 469 g/mol. The fourth-order valence-electron chi connectivity index (χ4n) is 3.51. The van der Waals surface area contributed by atoms with E-state index < -0.39 is 11.6 Å². The number of amides is 2. The molecule has 1 aliphatic heterocycles. The number of hydrogen-bond acceptors (Lipinski definition) is 2. The first kappa shape index (κ1) is 20.7. The molecular formula is C20H23BrClN3O3. The molecule has 2 amide bonds. The molecule has 1 aliphatic rings. The van der Waals surface area contributed by atoms with Gasteiger partial charge in [-0.3, -0.25) is 4.79 Å². The maximum Gasteiger partial charge on any atom is 0.407 e. The largest absolute Gasteiger partial charge is 0.465 e. The van der Waals surface area contributed by atoms with Crippen LogP contribution >= 0.6 is 27.5 Å². The standard InChI is InChI=1S/C20H23BrClN3O3/c1-20(2,3)24(19(27)28)8-7-14-11-23-18(26)16-10-15(17(21)25(14)16)12-5-4-6-13(22)9-12/h4-6,9-10,14H,7-8,11H2,1-3H3,(H,23,26)(H,27,28). The second kappa shape index (κ2) is 7.79. The molecule has 150 valence electrons. The maximum absolute atomic E-state index is 12.4. The lowest BCUT2D eigenvalue weighted by Gasteiger charge is -2.35. The number of hydrogen-bond donors (Lipinski definition) is 2. The third kappa shape index (κ3) is 4.05. The first-order chi connectivity index (χ1) is 13.1. The lowest BCUT2D eigenvalue weighted by molar-refractivity contribution is 0.0865. The number of carboxylic acid groups (broad SMARTS) is 1. The summed E-state index contributed by atoms with van der Waals surface area (Å²) in [7, 11) is 0. The summed E-state index contributed by atoms with van der Waals surface area (Å²) in [6, 6.07) is 9.25. The van der Waals surface area contributed by atoms with E-state index in [1.54, 1.807) is 6.07 Å². The van der Waals surface area contributed by atoms with Gasteiger partial charge in [0.25, 0.3) is 5.91 Å². The fourth-order valence-corrected chi connectivity index (χ4v) is 4.53. The molecule has 2 heterocycles. The molecule has 2 aromatic rings. The zero-order chi connectivity index (χ0) is 20.6. The molecule has 3 rings (SSSR count). The van der Waals surface area contributed by atoms with E-state index in [0.717, 1.165) is 15.7 Å². The molecule has 2 N–H and O–H groups in total. The van der Waals surface area contributed by atoms with Gasteiger partial charge in [0.05, 0.1) is 10.6 Å². The van der Waals surface area contributed by atoms with E-state index in [4.69, 9.17) is 11.6 Å². The third-order valence-corrected chi connectivity index (χ3v) is 5.98. The van der Waals surface area contributed by atoms with Crippen LogP contribution in [0.2, 0.25) is 5.02 Å². The lowest BCUT2D eigenvalue weighted by atomic mass is 10.0. The second-order valence-corrected chi connectivity index (χ2v) is 9.06. The molecule has 1 atom stereocenters. The number of aromatic nitrogens is 1. The SMILES string of the molecule is CC(C)(C)N(CCC1CNC(=O)c2cc(-c3cccc(Cl)c3)c(Br)n21)C(=O)O. The highest BCUT2D eigenvalue weighted by molar-refractivity contribution is 9.10. The van der Waals surface area contributed by atoms with Crippen LogP contribution in [0.5, 0.6) is 0 Å². The number of rotatable bonds is 4. The van der Waals surface area contributed by atoms with E-state index in [-0.39, 0.29) is 11.9 Å². The van der Waals surface area contributed by atoms with Gasteiger partial charge in [0.1, 0.15) is 5.69 Å². The second-order valence-electron chi connectivity index (χ2n) is 7.87. The monoisotopic (exact) mass is 467 g/mol. The number of nitrogens with zero attached hydrogens (tertiary/aromatic N) is 2. The molecule has 8 heteroatoms. The maximum atomic E-state index is 12.4. The molecule has 6 nitrogen and oxygen atoms in total. The Kier molecular flexibility index (Phi) is 5.77. The summed E-state index contributed by atoms with van der Waals surface area (Å²) in [5.74, 6) is -0.142. The Bertz CT molecular complexity index is 920. The average Bonchev–Trinajstić information content (AvgIpc) is 2.94. The highest BCUT2D eigenvalue weighted by Crippen LogP contribution is 2.37. The van der Waals surface area contributed by atoms with Gasteiger partial charge in [-0.05, 0) is 66.9 Å². The van der Waals surface area contributed by atoms with Gasteiger partial charge in [-0.1, -0.05) is 23.7 Å². The summed E-state index contributed by atoms with van der Waals surface area (Å²) in [4.78, 5) is 25.5. The van der Waals surface area contributed by atoms with Gasteiger partial charge >= 0.3 is 6.09 Å². The fraction of sp³-hybridized carbons (Fsp3) is 0.400. The Morgan fingerprint density at radius 2 is 2.11 bits per heavy atom. The minimum Gasteiger partial charge on any atom is -0.465 e. The summed E-state index contributed by atoms with van der Waals surface area (Å²) in [6.07, 6.45) is -0.363. The Morgan fingerprint density at radius 1 is 1.39 bits per heavy atom. The van der Waals surface area contributed by atoms with Crippen LogP contribution in [0.4, 0.5) is 4.79 Å². The highest BCUT2D eigenvalue weighted by atomic mass is 79.9. The number of nitrogens with one attached hydrogen (secondary N) is 1. The number of carbonyl (C=O) groups is 2. The first-order valence-corrected chi connectivity index (χ1v) is 10.2. The smallest absolute Gasteiger partial charge is 0.407 e. The minimum atomic E-state index is -0.946. The summed E-state index contributed by atoms with van der Waals surface area (Å²) in [5.41, 5.74) is 1.85. The molecule has 28 heavy (non-hydrogen) atoms. The molecule has 0 saturated heterocycles. The van der Waals surface area contributed by atoms with Crippen LogP contribution in [0, 0.1) is 0 Å². The summed E-state index contributed by atoms with van der Waals surface area (Å²) in [5, 5.41) is 13.1. The zero-order valence-corrected chi connectivity index (χ0v) is 18.3. The van der Waals surface area contributed by atoms with Crippen LogP contribution in [0.3, 0.4) is 0 Å². The van der Waals surface area contributed by atoms with Crippen molar-refractivity contribution in [3.05, 3.63) is 45.7 Å². The molecule has 1 aromatic heterocycles. The number of carbonyl (C=O) groups excluding carboxylic acids is 1. The van der Waals surface area contributed by atoms with Crippen molar-refractivity contribution < 1.29 is 14.7 Å². The topological polar surface area (TPSA) is 74.6 Å². The van der Waals surface area contributed by atoms with Crippen molar-refractivity contribution in [2.24, 2.45) is 0 Å². The van der Waals surface area contributed by atoms with Crippen LogP contribution in [0.1, 0.15) is 43.7 Å². The Hall–Kier alpha value is -1.99. The van der Waals surface area contributed by atoms with Crippen LogP contribution in [-0.4, -0.2) is 45.2 Å². The van der Waals surface area contributed by atoms with E-state index in [9.17, 15) is 14.7 Å². The van der Waals surface area contributed by atoms with Crippen LogP contribution in [-0.2, 0) is 0 Å². The third-order valence-electron chi connectivity index (χ3n) is 4.93. The number of halogens is 2. The molecular weight excluding hydrogens is 446 g/mol. The van der Waals surface area contributed by atoms with Gasteiger partial charge in [0.15, 0.2) is 0 Å². The van der Waals surface area contributed by atoms with Crippen molar-refractivity contribution in [2.45, 2.75) is 38.8 Å². The van der Waals surface area contributed by atoms with Crippen molar-refractivity contribution in [2.75, 3.05) is 13.1 Å². The molecule has 1 aromatic carbocycles. The van der Waals surface area contributed by atoms with Gasteiger partial charge in [-0.25, -0.2) is 4.79 Å². The van der Waals surface area contributed by atoms with E-state index in [2.05, 4.69) is 21.2 Å². The van der Waals surface area contributed by atoms with Crippen molar-refractivity contribution in [3.63, 3.8) is 0 Å². The Balaban J connectivity index is 1.93. The molecule has 0 saturated carbocycles. The van der Waals surface area contributed by atoms with Crippen molar-refractivity contribution in [1.82, 2.24) is 14.8 Å². The van der Waals surface area contributed by atoms with Crippen LogP contribution in [0.15, 0.2) is 34.9 Å². The van der Waals surface area contributed by atoms with E-state index in [0.29, 0.717) is 30.2 Å². The molecule has 0 fully saturated rings. The van der Waals surface area contributed by atoms with E-state index in [1.807, 2.05) is 49.6 Å². The quantitative estimate of drug-likeness (QED) is 0.661. The lowest BCUT2D eigenvalue weighted by Crippen LogP contribution is -2.47. The zero-order valence-electron chi connectivity index (χ0n) is 16.0. The van der Waals surface area contributed by atoms with Gasteiger partial charge in [-0.2, -0.15) is 0 Å². The minimum absolute atomic E-state index is 0.0563. The number of fused-ring (bicyclic) bond motifs is 1. The van der Waals surface area contributed by atoms with Gasteiger partial charge < -0.3 is 19.9 Å². The highest BCUT2D eigenvalue weighted by Gasteiger charge is 2.32. The van der Waals surface area contributed by atoms with Crippen molar-refractivity contribution in [1.29, 1.82) is 0 Å². The van der Waals surface area contributed by atoms with E-state index >= 15 is 0 Å².